The van der Waals surface area contributed by atoms with Crippen molar-refractivity contribution < 1.29 is 13.6 Å². The van der Waals surface area contributed by atoms with Crippen LogP contribution in [0.3, 0.4) is 0 Å². The number of benzene rings is 2. The van der Waals surface area contributed by atoms with Crippen LogP contribution in [0.2, 0.25) is 0 Å². The normalized spacial score (nSPS) is 10.4. The Hall–Kier alpha value is -2.23. The van der Waals surface area contributed by atoms with Crippen molar-refractivity contribution in [2.75, 3.05) is 19.0 Å². The Morgan fingerprint density at radius 1 is 1.05 bits per heavy atom. The summed E-state index contributed by atoms with van der Waals surface area (Å²) in [6, 6.07) is 10.9. The molecule has 0 atom stereocenters. The van der Waals surface area contributed by atoms with Crippen molar-refractivity contribution in [2.45, 2.75) is 6.42 Å². The topological polar surface area (TPSA) is 20.3 Å². The minimum atomic E-state index is -0.953. The predicted molar refractivity (Wildman–Crippen MR) is 75.2 cm³/mol. The molecule has 0 bridgehead atoms. The van der Waals surface area contributed by atoms with Gasteiger partial charge in [0.1, 0.15) is 0 Å². The Morgan fingerprint density at radius 2 is 1.70 bits per heavy atom. The highest BCUT2D eigenvalue weighted by molar-refractivity contribution is 5.97. The number of anilines is 1. The van der Waals surface area contributed by atoms with Crippen molar-refractivity contribution in [2.24, 2.45) is 0 Å². The van der Waals surface area contributed by atoms with E-state index >= 15 is 0 Å². The number of ketones is 1. The molecule has 0 aromatic heterocycles. The molecule has 0 saturated carbocycles. The van der Waals surface area contributed by atoms with E-state index in [0.29, 0.717) is 5.56 Å². The molecule has 0 spiro atoms. The molecule has 20 heavy (non-hydrogen) atoms. The highest BCUT2D eigenvalue weighted by atomic mass is 19.2. The number of hydrogen-bond acceptors (Lipinski definition) is 2. The molecule has 0 N–H and O–H groups in total. The molecule has 0 aliphatic carbocycles. The lowest BCUT2D eigenvalue weighted by Gasteiger charge is -2.12. The van der Waals surface area contributed by atoms with Gasteiger partial charge >= 0.3 is 0 Å². The second-order valence-corrected chi connectivity index (χ2v) is 4.75. The largest absolute Gasteiger partial charge is 0.378 e. The van der Waals surface area contributed by atoms with Crippen LogP contribution in [0.1, 0.15) is 15.9 Å². The van der Waals surface area contributed by atoms with Gasteiger partial charge in [0.2, 0.25) is 0 Å². The molecule has 4 heteroatoms. The standard InChI is InChI=1S/C16H15F2NO/c1-19(2)13-8-6-11(7-9-13)15(20)10-12-4-3-5-14(17)16(12)18/h3-9H,10H2,1-2H3. The Kier molecular flexibility index (Phi) is 4.13. The van der Waals surface area contributed by atoms with Crippen LogP contribution in [0, 0.1) is 11.6 Å². The van der Waals surface area contributed by atoms with E-state index in [0.717, 1.165) is 11.8 Å². The van der Waals surface area contributed by atoms with Crippen molar-refractivity contribution in [3.8, 4) is 0 Å². The number of carbonyl (C=O) groups is 1. The van der Waals surface area contributed by atoms with E-state index in [1.165, 1.54) is 12.1 Å². The molecule has 2 nitrogen and oxygen atoms in total. The van der Waals surface area contributed by atoms with E-state index in [9.17, 15) is 13.6 Å². The van der Waals surface area contributed by atoms with Gasteiger partial charge in [0, 0.05) is 31.8 Å². The molecule has 0 radical (unpaired) electrons. The first kappa shape index (κ1) is 14.2. The minimum Gasteiger partial charge on any atom is -0.378 e. The lowest BCUT2D eigenvalue weighted by molar-refractivity contribution is 0.0991. The third-order valence-corrected chi connectivity index (χ3v) is 3.09. The molecule has 2 aromatic carbocycles. The second-order valence-electron chi connectivity index (χ2n) is 4.75. The predicted octanol–water partition coefficient (Wildman–Crippen LogP) is 3.46. The lowest BCUT2D eigenvalue weighted by atomic mass is 10.0. The average molecular weight is 275 g/mol. The quantitative estimate of drug-likeness (QED) is 0.796. The minimum absolute atomic E-state index is 0.0756. The van der Waals surface area contributed by atoms with E-state index in [1.807, 2.05) is 31.1 Å². The number of Topliss-reactive ketones (excluding diaryl/α,β-unsaturated/α-hetero) is 1. The second kappa shape index (κ2) is 5.82. The molecule has 2 rings (SSSR count). The molecule has 0 aliphatic heterocycles. The van der Waals surface area contributed by atoms with Gasteiger partial charge in [-0.25, -0.2) is 8.78 Å². The van der Waals surface area contributed by atoms with Crippen molar-refractivity contribution in [3.05, 3.63) is 65.2 Å². The third-order valence-electron chi connectivity index (χ3n) is 3.09. The summed E-state index contributed by atoms with van der Waals surface area (Å²) in [5, 5.41) is 0. The fourth-order valence-corrected chi connectivity index (χ4v) is 1.91. The van der Waals surface area contributed by atoms with Gasteiger partial charge in [0.05, 0.1) is 0 Å². The summed E-state index contributed by atoms with van der Waals surface area (Å²) in [5.74, 6) is -2.12. The number of halogens is 2. The lowest BCUT2D eigenvalue weighted by Crippen LogP contribution is -2.10. The first-order valence-corrected chi connectivity index (χ1v) is 6.22. The summed E-state index contributed by atoms with van der Waals surface area (Å²) in [5.41, 5.74) is 1.53. The van der Waals surface area contributed by atoms with Crippen LogP contribution in [-0.4, -0.2) is 19.9 Å². The molecule has 0 saturated heterocycles. The Bertz CT molecular complexity index is 621. The zero-order valence-corrected chi connectivity index (χ0v) is 11.4. The van der Waals surface area contributed by atoms with Gasteiger partial charge in [-0.2, -0.15) is 0 Å². The smallest absolute Gasteiger partial charge is 0.167 e. The highest BCUT2D eigenvalue weighted by Crippen LogP contribution is 2.16. The molecule has 0 heterocycles. The van der Waals surface area contributed by atoms with Crippen LogP contribution in [0.4, 0.5) is 14.5 Å². The molecule has 0 fully saturated rings. The zero-order chi connectivity index (χ0) is 14.7. The van der Waals surface area contributed by atoms with Crippen LogP contribution >= 0.6 is 0 Å². The van der Waals surface area contributed by atoms with Gasteiger partial charge in [-0.15, -0.1) is 0 Å². The van der Waals surface area contributed by atoms with Crippen LogP contribution in [0.5, 0.6) is 0 Å². The van der Waals surface area contributed by atoms with E-state index in [4.69, 9.17) is 0 Å². The first-order valence-electron chi connectivity index (χ1n) is 6.22. The molecular weight excluding hydrogens is 260 g/mol. The first-order chi connectivity index (χ1) is 9.49. The number of nitrogens with zero attached hydrogens (tertiary/aromatic N) is 1. The summed E-state index contributed by atoms with van der Waals surface area (Å²) in [4.78, 5) is 14.0. The van der Waals surface area contributed by atoms with Crippen molar-refractivity contribution in [1.29, 1.82) is 0 Å². The van der Waals surface area contributed by atoms with Crippen LogP contribution in [-0.2, 0) is 6.42 Å². The number of hydrogen-bond donors (Lipinski definition) is 0. The molecule has 0 amide bonds. The molecule has 0 aliphatic rings. The monoisotopic (exact) mass is 275 g/mol. The highest BCUT2D eigenvalue weighted by Gasteiger charge is 2.13. The van der Waals surface area contributed by atoms with Crippen molar-refractivity contribution >= 4 is 11.5 Å². The van der Waals surface area contributed by atoms with Crippen LogP contribution in [0.25, 0.3) is 0 Å². The summed E-state index contributed by atoms with van der Waals surface area (Å²) < 4.78 is 26.6. The molecule has 104 valence electrons. The van der Waals surface area contributed by atoms with Gasteiger partial charge in [-0.3, -0.25) is 4.79 Å². The fourth-order valence-electron chi connectivity index (χ4n) is 1.91. The summed E-state index contributed by atoms with van der Waals surface area (Å²) in [6.45, 7) is 0. The van der Waals surface area contributed by atoms with E-state index in [-0.39, 0.29) is 17.8 Å². The van der Waals surface area contributed by atoms with Gasteiger partial charge in [0.25, 0.3) is 0 Å². The van der Waals surface area contributed by atoms with Gasteiger partial charge in [-0.05, 0) is 35.9 Å². The van der Waals surface area contributed by atoms with Gasteiger partial charge in [-0.1, -0.05) is 12.1 Å². The van der Waals surface area contributed by atoms with Crippen LogP contribution < -0.4 is 4.90 Å². The van der Waals surface area contributed by atoms with E-state index in [2.05, 4.69) is 0 Å². The van der Waals surface area contributed by atoms with E-state index in [1.54, 1.807) is 12.1 Å². The average Bonchev–Trinajstić information content (AvgIpc) is 2.44. The fraction of sp³-hybridized carbons (Fsp3) is 0.188. The summed E-state index contributed by atoms with van der Waals surface area (Å²) in [6.07, 6.45) is -0.148. The maximum absolute atomic E-state index is 13.5. The van der Waals surface area contributed by atoms with Crippen molar-refractivity contribution in [3.63, 3.8) is 0 Å². The number of carbonyl (C=O) groups excluding carboxylic acids is 1. The Labute approximate surface area is 116 Å². The third kappa shape index (κ3) is 3.02. The van der Waals surface area contributed by atoms with Crippen molar-refractivity contribution in [1.82, 2.24) is 0 Å². The van der Waals surface area contributed by atoms with Gasteiger partial charge < -0.3 is 4.90 Å². The summed E-state index contributed by atoms with van der Waals surface area (Å²) in [7, 11) is 3.80. The Balaban J connectivity index is 2.18. The Morgan fingerprint density at radius 3 is 2.30 bits per heavy atom. The number of rotatable bonds is 4. The van der Waals surface area contributed by atoms with Gasteiger partial charge in [0.15, 0.2) is 17.4 Å². The molecule has 0 unspecified atom stereocenters. The maximum Gasteiger partial charge on any atom is 0.167 e. The van der Waals surface area contributed by atoms with E-state index < -0.39 is 11.6 Å². The van der Waals surface area contributed by atoms with Crippen LogP contribution in [0.15, 0.2) is 42.5 Å². The SMILES string of the molecule is CN(C)c1ccc(C(=O)Cc2cccc(F)c2F)cc1. The molecule has 2 aromatic rings. The molecular formula is C16H15F2NO. The maximum atomic E-state index is 13.5. The zero-order valence-electron chi connectivity index (χ0n) is 11.4. The summed E-state index contributed by atoms with van der Waals surface area (Å²) >= 11 is 0.